The maximum atomic E-state index is 11.9. The fourth-order valence-corrected chi connectivity index (χ4v) is 3.04. The number of hydrogen-bond donors (Lipinski definition) is 0. The third-order valence-corrected chi connectivity index (χ3v) is 5.05. The van der Waals surface area contributed by atoms with Gasteiger partial charge in [0.15, 0.2) is 9.84 Å². The van der Waals surface area contributed by atoms with Crippen LogP contribution in [-0.4, -0.2) is 29.7 Å². The van der Waals surface area contributed by atoms with Crippen LogP contribution in [0, 0.1) is 6.92 Å². The van der Waals surface area contributed by atoms with Crippen molar-refractivity contribution in [1.82, 2.24) is 0 Å². The van der Waals surface area contributed by atoms with Crippen LogP contribution in [0.25, 0.3) is 0 Å². The normalized spacial score (nSPS) is 13.5. The summed E-state index contributed by atoms with van der Waals surface area (Å²) < 4.78 is 51.5. The van der Waals surface area contributed by atoms with Crippen LogP contribution in [0.1, 0.15) is 5.56 Å². The second-order valence-corrected chi connectivity index (χ2v) is 8.16. The van der Waals surface area contributed by atoms with Crippen molar-refractivity contribution in [2.75, 3.05) is 12.9 Å². The van der Waals surface area contributed by atoms with E-state index in [2.05, 4.69) is 6.58 Å². The van der Waals surface area contributed by atoms with Gasteiger partial charge in [-0.15, -0.1) is 0 Å². The largest absolute Gasteiger partial charge is 0.297 e. The highest BCUT2D eigenvalue weighted by Crippen LogP contribution is 2.13. The van der Waals surface area contributed by atoms with Crippen molar-refractivity contribution in [2.24, 2.45) is 0 Å². The van der Waals surface area contributed by atoms with E-state index in [9.17, 15) is 16.8 Å². The van der Waals surface area contributed by atoms with Gasteiger partial charge in [-0.3, -0.25) is 4.18 Å². The van der Waals surface area contributed by atoms with E-state index in [1.54, 1.807) is 12.1 Å². The highest BCUT2D eigenvalue weighted by atomic mass is 32.2. The molecule has 0 heterocycles. The molecule has 0 aliphatic carbocycles. The van der Waals surface area contributed by atoms with Crippen molar-refractivity contribution in [3.05, 3.63) is 65.6 Å². The van der Waals surface area contributed by atoms with Gasteiger partial charge in [-0.1, -0.05) is 36.4 Å². The minimum atomic E-state index is -3.86. The molecule has 120 valence electrons. The van der Waals surface area contributed by atoms with Gasteiger partial charge >= 0.3 is 0 Å². The van der Waals surface area contributed by atoms with Gasteiger partial charge in [0.1, 0.15) is 0 Å². The van der Waals surface area contributed by atoms with Crippen LogP contribution in [-0.2, 0) is 24.1 Å². The Morgan fingerprint density at radius 2 is 1.77 bits per heavy atom. The lowest BCUT2D eigenvalue weighted by atomic mass is 10.2. The Balaban J connectivity index is 2.78. The van der Waals surface area contributed by atoms with E-state index in [-0.39, 0.29) is 16.4 Å². The van der Waals surface area contributed by atoms with E-state index in [1.165, 1.54) is 36.4 Å². The lowest BCUT2D eigenvalue weighted by Crippen LogP contribution is -2.06. The first-order chi connectivity index (χ1) is 10.2. The average Bonchev–Trinajstić information content (AvgIpc) is 2.41. The summed E-state index contributed by atoms with van der Waals surface area (Å²) in [6.07, 6.45) is 6.31. The van der Waals surface area contributed by atoms with Crippen molar-refractivity contribution in [3.8, 4) is 0 Å². The highest BCUT2D eigenvalue weighted by Gasteiger charge is 2.14. The quantitative estimate of drug-likeness (QED) is 0.561. The van der Waals surface area contributed by atoms with Gasteiger partial charge in [0, 0.05) is 6.26 Å². The smallest absolute Gasteiger partial charge is 0.262 e. The molecule has 0 aliphatic heterocycles. The Bertz CT molecular complexity index is 783. The molecule has 0 amide bonds. The Hall–Kier alpha value is -1.70. The second-order valence-electron chi connectivity index (χ2n) is 4.53. The molecule has 22 heavy (non-hydrogen) atoms. The summed E-state index contributed by atoms with van der Waals surface area (Å²) in [4.78, 5) is 0.0790. The first-order valence-electron chi connectivity index (χ1n) is 6.32. The number of aryl methyl sites for hydroxylation is 1. The maximum absolute atomic E-state index is 11.9. The lowest BCUT2D eigenvalue weighted by Gasteiger charge is -2.04. The van der Waals surface area contributed by atoms with E-state index in [0.717, 1.165) is 11.8 Å². The standard InChI is InChI=1S/C15H18O5S2/c1-4-6-14(21(3,16)17)7-5-12-20-22(18,19)15-10-8-13(2)9-11-15/h4-11H,1,12H2,2-3H3/b7-5-,14-6+. The molecular formula is C15H18O5S2. The molecule has 5 nitrogen and oxygen atoms in total. The fourth-order valence-electron chi connectivity index (χ4n) is 1.49. The van der Waals surface area contributed by atoms with Crippen molar-refractivity contribution >= 4 is 20.0 Å². The topological polar surface area (TPSA) is 77.5 Å². The monoisotopic (exact) mass is 342 g/mol. The van der Waals surface area contributed by atoms with E-state index in [0.29, 0.717) is 0 Å². The molecule has 0 fully saturated rings. The van der Waals surface area contributed by atoms with Gasteiger partial charge in [-0.05, 0) is 31.2 Å². The predicted molar refractivity (Wildman–Crippen MR) is 86.6 cm³/mol. The summed E-state index contributed by atoms with van der Waals surface area (Å²) in [5, 5.41) is 0. The molecule has 1 aromatic rings. The lowest BCUT2D eigenvalue weighted by molar-refractivity contribution is 0.357. The summed E-state index contributed by atoms with van der Waals surface area (Å²) in [5.74, 6) is 0. The number of benzene rings is 1. The number of allylic oxidation sites excluding steroid dienone is 3. The summed E-state index contributed by atoms with van der Waals surface area (Å²) in [6.45, 7) is 5.01. The second kappa shape index (κ2) is 7.53. The molecule has 1 aromatic carbocycles. The molecule has 1 rings (SSSR count). The van der Waals surface area contributed by atoms with E-state index in [4.69, 9.17) is 4.18 Å². The van der Waals surface area contributed by atoms with Crippen LogP contribution < -0.4 is 0 Å². The molecule has 0 radical (unpaired) electrons. The molecular weight excluding hydrogens is 324 g/mol. The summed E-state index contributed by atoms with van der Waals surface area (Å²) in [7, 11) is -7.26. The van der Waals surface area contributed by atoms with Crippen molar-refractivity contribution in [1.29, 1.82) is 0 Å². The number of hydrogen-bond acceptors (Lipinski definition) is 5. The van der Waals surface area contributed by atoms with Gasteiger partial charge in [0.25, 0.3) is 10.1 Å². The van der Waals surface area contributed by atoms with Crippen LogP contribution in [0.2, 0.25) is 0 Å². The SMILES string of the molecule is C=C/C=C(\C=C/COS(=O)(=O)c1ccc(C)cc1)S(C)(=O)=O. The molecule has 0 bridgehead atoms. The Morgan fingerprint density at radius 3 is 2.27 bits per heavy atom. The van der Waals surface area contributed by atoms with Crippen LogP contribution in [0.15, 0.2) is 64.9 Å². The zero-order valence-corrected chi connectivity index (χ0v) is 14.0. The molecule has 0 aromatic heterocycles. The Labute approximate surface area is 131 Å². The molecule has 0 spiro atoms. The first kappa shape index (κ1) is 18.3. The van der Waals surface area contributed by atoms with Gasteiger partial charge in [-0.2, -0.15) is 8.42 Å². The van der Waals surface area contributed by atoms with Crippen LogP contribution in [0.3, 0.4) is 0 Å². The summed E-state index contributed by atoms with van der Waals surface area (Å²) in [6, 6.07) is 6.24. The van der Waals surface area contributed by atoms with E-state index in [1.807, 2.05) is 6.92 Å². The van der Waals surface area contributed by atoms with Crippen LogP contribution in [0.5, 0.6) is 0 Å². The minimum absolute atomic E-state index is 0.0267. The maximum Gasteiger partial charge on any atom is 0.297 e. The van der Waals surface area contributed by atoms with Crippen molar-refractivity contribution in [2.45, 2.75) is 11.8 Å². The van der Waals surface area contributed by atoms with Gasteiger partial charge in [0.2, 0.25) is 0 Å². The molecule has 7 heteroatoms. The molecule has 0 saturated carbocycles. The summed E-state index contributed by atoms with van der Waals surface area (Å²) in [5.41, 5.74) is 0.936. The van der Waals surface area contributed by atoms with Gasteiger partial charge in [-0.25, -0.2) is 8.42 Å². The van der Waals surface area contributed by atoms with Gasteiger partial charge < -0.3 is 0 Å². The molecule has 0 atom stereocenters. The average molecular weight is 342 g/mol. The zero-order valence-electron chi connectivity index (χ0n) is 12.4. The Kier molecular flexibility index (Phi) is 6.28. The Morgan fingerprint density at radius 1 is 1.18 bits per heavy atom. The van der Waals surface area contributed by atoms with Gasteiger partial charge in [0.05, 0.1) is 16.4 Å². The van der Waals surface area contributed by atoms with Crippen molar-refractivity contribution in [3.63, 3.8) is 0 Å². The molecule has 0 saturated heterocycles. The van der Waals surface area contributed by atoms with E-state index >= 15 is 0 Å². The van der Waals surface area contributed by atoms with E-state index < -0.39 is 20.0 Å². The zero-order chi connectivity index (χ0) is 16.8. The minimum Gasteiger partial charge on any atom is -0.262 e. The highest BCUT2D eigenvalue weighted by molar-refractivity contribution is 7.94. The molecule has 0 aliphatic rings. The van der Waals surface area contributed by atoms with Crippen LogP contribution >= 0.6 is 0 Å². The number of rotatable bonds is 7. The first-order valence-corrected chi connectivity index (χ1v) is 9.62. The third kappa shape index (κ3) is 5.59. The fraction of sp³-hybridized carbons (Fsp3) is 0.200. The predicted octanol–water partition coefficient (Wildman–Crippen LogP) is 2.37. The third-order valence-electron chi connectivity index (χ3n) is 2.62. The molecule has 0 N–H and O–H groups in total. The number of sulfone groups is 1. The summed E-state index contributed by atoms with van der Waals surface area (Å²) >= 11 is 0. The van der Waals surface area contributed by atoms with Crippen LogP contribution in [0.4, 0.5) is 0 Å². The van der Waals surface area contributed by atoms with Crippen molar-refractivity contribution < 1.29 is 21.0 Å². The molecule has 0 unspecified atom stereocenters.